The van der Waals surface area contributed by atoms with E-state index in [2.05, 4.69) is 0 Å². The monoisotopic (exact) mass is 170 g/mol. The van der Waals surface area contributed by atoms with E-state index >= 15 is 0 Å². The third kappa shape index (κ3) is 1.23. The molecule has 60 valence electrons. The van der Waals surface area contributed by atoms with E-state index < -0.39 is 0 Å². The van der Waals surface area contributed by atoms with Gasteiger partial charge < -0.3 is 4.74 Å². The van der Waals surface area contributed by atoms with Crippen LogP contribution in [0, 0.1) is 0 Å². The summed E-state index contributed by atoms with van der Waals surface area (Å²) < 4.78 is 5.51. The molecule has 0 aromatic heterocycles. The number of alkyl halides is 1. The van der Waals surface area contributed by atoms with Gasteiger partial charge in [-0.1, -0.05) is 24.3 Å². The molecule has 0 spiro atoms. The topological polar surface area (TPSA) is 9.23 Å². The van der Waals surface area contributed by atoms with Crippen molar-refractivity contribution in [2.24, 2.45) is 0 Å². The molecule has 0 bridgehead atoms. The summed E-state index contributed by atoms with van der Waals surface area (Å²) in [5.74, 6) is 0. The van der Waals surface area contributed by atoms with Crippen LogP contribution < -0.4 is 0 Å². The fraction of sp³-hybridized carbons (Fsp3) is 0.556. The molecule has 0 amide bonds. The van der Waals surface area contributed by atoms with E-state index in [1.54, 1.807) is 0 Å². The van der Waals surface area contributed by atoms with Crippen molar-refractivity contribution in [3.8, 4) is 0 Å². The third-order valence-corrected chi connectivity index (χ3v) is 2.73. The second kappa shape index (κ2) is 2.65. The van der Waals surface area contributed by atoms with E-state index in [-0.39, 0.29) is 11.0 Å². The van der Waals surface area contributed by atoms with Crippen molar-refractivity contribution >= 4 is 11.6 Å². The Kier molecular flexibility index (Phi) is 1.78. The summed E-state index contributed by atoms with van der Waals surface area (Å²) in [6.07, 6.45) is 10.4. The fourth-order valence-corrected chi connectivity index (χ4v) is 1.92. The first-order chi connectivity index (χ1) is 5.31. The standard InChI is InChI=1S/C9H11ClO/c10-9(5-1-2-6-9)8-4-3-7-11-8/h1-2,5-6,8H,3-4,7H2. The van der Waals surface area contributed by atoms with Gasteiger partial charge in [0.25, 0.3) is 0 Å². The lowest BCUT2D eigenvalue weighted by Gasteiger charge is -2.23. The molecule has 2 rings (SSSR count). The molecule has 0 radical (unpaired) electrons. The molecule has 2 aliphatic rings. The van der Waals surface area contributed by atoms with E-state index in [1.807, 2.05) is 24.3 Å². The van der Waals surface area contributed by atoms with Crippen molar-refractivity contribution < 1.29 is 4.74 Å². The first-order valence-electron chi connectivity index (χ1n) is 3.99. The highest BCUT2D eigenvalue weighted by Gasteiger charge is 2.36. The van der Waals surface area contributed by atoms with Gasteiger partial charge in [-0.2, -0.15) is 0 Å². The van der Waals surface area contributed by atoms with Crippen molar-refractivity contribution in [1.82, 2.24) is 0 Å². The van der Waals surface area contributed by atoms with Crippen molar-refractivity contribution in [2.45, 2.75) is 23.8 Å². The lowest BCUT2D eigenvalue weighted by Crippen LogP contribution is -2.30. The summed E-state index contributed by atoms with van der Waals surface area (Å²) in [6, 6.07) is 0. The van der Waals surface area contributed by atoms with E-state index in [0.29, 0.717) is 0 Å². The van der Waals surface area contributed by atoms with Crippen molar-refractivity contribution in [2.75, 3.05) is 6.61 Å². The molecule has 0 saturated carbocycles. The Morgan fingerprint density at radius 3 is 2.64 bits per heavy atom. The maximum Gasteiger partial charge on any atom is 0.107 e. The quantitative estimate of drug-likeness (QED) is 0.549. The average molecular weight is 171 g/mol. The Labute approximate surface area is 71.7 Å². The predicted octanol–water partition coefficient (Wildman–Crippen LogP) is 2.27. The van der Waals surface area contributed by atoms with Gasteiger partial charge in [0.15, 0.2) is 0 Å². The lowest BCUT2D eigenvalue weighted by molar-refractivity contribution is 0.101. The van der Waals surface area contributed by atoms with Gasteiger partial charge >= 0.3 is 0 Å². The molecule has 1 atom stereocenters. The first kappa shape index (κ1) is 7.38. The van der Waals surface area contributed by atoms with Crippen LogP contribution in [0.15, 0.2) is 24.3 Å². The minimum atomic E-state index is -0.337. The second-order valence-corrected chi connectivity index (χ2v) is 3.70. The smallest absolute Gasteiger partial charge is 0.107 e. The van der Waals surface area contributed by atoms with Crippen molar-refractivity contribution in [3.05, 3.63) is 24.3 Å². The van der Waals surface area contributed by atoms with Crippen LogP contribution >= 0.6 is 11.6 Å². The number of hydrogen-bond donors (Lipinski definition) is 0. The van der Waals surface area contributed by atoms with Gasteiger partial charge in [-0.15, -0.1) is 11.6 Å². The highest BCUT2D eigenvalue weighted by atomic mass is 35.5. The predicted molar refractivity (Wildman–Crippen MR) is 45.8 cm³/mol. The van der Waals surface area contributed by atoms with Crippen LogP contribution in [0.5, 0.6) is 0 Å². The normalized spacial score (nSPS) is 33.4. The Hall–Kier alpha value is -0.270. The molecular weight excluding hydrogens is 160 g/mol. The largest absolute Gasteiger partial charge is 0.376 e. The number of halogens is 1. The van der Waals surface area contributed by atoms with E-state index in [4.69, 9.17) is 16.3 Å². The van der Waals surface area contributed by atoms with Gasteiger partial charge in [0, 0.05) is 6.61 Å². The van der Waals surface area contributed by atoms with E-state index in [1.165, 1.54) is 0 Å². The lowest BCUT2D eigenvalue weighted by atomic mass is 10.0. The zero-order valence-corrected chi connectivity index (χ0v) is 7.05. The van der Waals surface area contributed by atoms with Gasteiger partial charge in [-0.25, -0.2) is 0 Å². The minimum Gasteiger partial charge on any atom is -0.376 e. The van der Waals surface area contributed by atoms with Gasteiger partial charge in [-0.05, 0) is 12.8 Å². The summed E-state index contributed by atoms with van der Waals surface area (Å²) in [4.78, 5) is -0.337. The Balaban J connectivity index is 2.13. The SMILES string of the molecule is ClC1(C2CCCO2)C=CC=C1. The van der Waals surface area contributed by atoms with Gasteiger partial charge in [-0.3, -0.25) is 0 Å². The minimum absolute atomic E-state index is 0.194. The summed E-state index contributed by atoms with van der Waals surface area (Å²) in [6.45, 7) is 0.862. The summed E-state index contributed by atoms with van der Waals surface area (Å²) in [7, 11) is 0. The third-order valence-electron chi connectivity index (χ3n) is 2.24. The first-order valence-corrected chi connectivity index (χ1v) is 4.37. The maximum absolute atomic E-state index is 6.28. The van der Waals surface area contributed by atoms with Crippen molar-refractivity contribution in [1.29, 1.82) is 0 Å². The number of allylic oxidation sites excluding steroid dienone is 2. The Morgan fingerprint density at radius 2 is 2.09 bits per heavy atom. The van der Waals surface area contributed by atoms with Crippen LogP contribution in [0.1, 0.15) is 12.8 Å². The van der Waals surface area contributed by atoms with Crippen LogP contribution in [-0.4, -0.2) is 17.6 Å². The molecule has 1 nitrogen and oxygen atoms in total. The van der Waals surface area contributed by atoms with E-state index in [9.17, 15) is 0 Å². The number of ether oxygens (including phenoxy) is 1. The molecule has 1 heterocycles. The molecule has 11 heavy (non-hydrogen) atoms. The summed E-state index contributed by atoms with van der Waals surface area (Å²) in [5, 5.41) is 0. The van der Waals surface area contributed by atoms with Gasteiger partial charge in [0.2, 0.25) is 0 Å². The fourth-order valence-electron chi connectivity index (χ4n) is 1.60. The molecule has 1 aliphatic heterocycles. The Morgan fingerprint density at radius 1 is 1.36 bits per heavy atom. The summed E-state index contributed by atoms with van der Waals surface area (Å²) in [5.41, 5.74) is 0. The molecule has 1 unspecified atom stereocenters. The van der Waals surface area contributed by atoms with Crippen LogP contribution in [0.3, 0.4) is 0 Å². The zero-order valence-electron chi connectivity index (χ0n) is 6.29. The Bertz CT molecular complexity index is 190. The molecular formula is C9H11ClO. The molecule has 0 aromatic carbocycles. The maximum atomic E-state index is 6.28. The zero-order chi connectivity index (χ0) is 7.73. The van der Waals surface area contributed by atoms with Crippen molar-refractivity contribution in [3.63, 3.8) is 0 Å². The molecule has 0 N–H and O–H groups in total. The number of hydrogen-bond acceptors (Lipinski definition) is 1. The summed E-state index contributed by atoms with van der Waals surface area (Å²) >= 11 is 6.28. The van der Waals surface area contributed by atoms with Crippen LogP contribution in [0.25, 0.3) is 0 Å². The van der Waals surface area contributed by atoms with Crippen LogP contribution in [0.2, 0.25) is 0 Å². The van der Waals surface area contributed by atoms with Gasteiger partial charge in [0.1, 0.15) is 4.87 Å². The number of rotatable bonds is 1. The molecule has 1 saturated heterocycles. The van der Waals surface area contributed by atoms with Gasteiger partial charge in [0.05, 0.1) is 6.10 Å². The highest BCUT2D eigenvalue weighted by Crippen LogP contribution is 2.34. The molecule has 1 aliphatic carbocycles. The molecule has 1 fully saturated rings. The molecule has 0 aromatic rings. The van der Waals surface area contributed by atoms with Crippen LogP contribution in [0.4, 0.5) is 0 Å². The second-order valence-electron chi connectivity index (χ2n) is 3.05. The average Bonchev–Trinajstić information content (AvgIpc) is 2.55. The van der Waals surface area contributed by atoms with E-state index in [0.717, 1.165) is 19.4 Å². The molecule has 2 heteroatoms. The van der Waals surface area contributed by atoms with Crippen LogP contribution in [-0.2, 0) is 4.74 Å². The highest BCUT2D eigenvalue weighted by molar-refractivity contribution is 6.27.